The fourth-order valence-corrected chi connectivity index (χ4v) is 4.59. The first-order valence-corrected chi connectivity index (χ1v) is 10.2. The molecule has 2 heterocycles. The van der Waals surface area contributed by atoms with E-state index < -0.39 is 0 Å². The minimum atomic E-state index is -0.355. The second-order valence-electron chi connectivity index (χ2n) is 9.52. The number of anilines is 1. The average Bonchev–Trinajstić information content (AvgIpc) is 2.88. The first-order valence-electron chi connectivity index (χ1n) is 10.2. The van der Waals surface area contributed by atoms with Crippen LogP contribution in [0.25, 0.3) is 6.08 Å². The average molecular weight is 358 g/mol. The van der Waals surface area contributed by atoms with E-state index in [1.807, 2.05) is 0 Å². The molecule has 1 fully saturated rings. The predicted octanol–water partition coefficient (Wildman–Crippen LogP) is 5.26. The largest absolute Gasteiger partial charge is 0.374 e. The van der Waals surface area contributed by atoms with Crippen LogP contribution in [0.1, 0.15) is 94.9 Å². The Hall–Kier alpha value is -1.71. The van der Waals surface area contributed by atoms with E-state index in [4.69, 9.17) is 5.73 Å². The highest BCUT2D eigenvalue weighted by Gasteiger charge is 2.42. The van der Waals surface area contributed by atoms with Crippen molar-refractivity contribution >= 4 is 17.7 Å². The Morgan fingerprint density at radius 2 is 2.08 bits per heavy atom. The normalized spacial score (nSPS) is 25.1. The van der Waals surface area contributed by atoms with Gasteiger partial charge >= 0.3 is 0 Å². The number of rotatable bonds is 5. The molecule has 4 N–H and O–H groups in total. The van der Waals surface area contributed by atoms with E-state index >= 15 is 0 Å². The monoisotopic (exact) mass is 357 g/mol. The Kier molecular flexibility index (Phi) is 4.98. The SMILES string of the molecule is CCCCCc1c(C(N)=O)[nH]c2c1NC1(C)CCC(C(C)(C)C)CC1=C2. The third-order valence-corrected chi connectivity index (χ3v) is 6.52. The minimum absolute atomic E-state index is 0.00857. The van der Waals surface area contributed by atoms with Crippen molar-refractivity contribution in [3.8, 4) is 0 Å². The van der Waals surface area contributed by atoms with Gasteiger partial charge < -0.3 is 16.0 Å². The van der Waals surface area contributed by atoms with Crippen LogP contribution in [0.3, 0.4) is 0 Å². The Labute approximate surface area is 158 Å². The first-order chi connectivity index (χ1) is 12.2. The van der Waals surface area contributed by atoms with E-state index in [9.17, 15) is 4.79 Å². The van der Waals surface area contributed by atoms with Crippen LogP contribution in [0.5, 0.6) is 0 Å². The number of hydrogen-bond donors (Lipinski definition) is 3. The van der Waals surface area contributed by atoms with Crippen LogP contribution in [0.15, 0.2) is 5.57 Å². The molecule has 4 heteroatoms. The number of aromatic amines is 1. The molecule has 2 aliphatic rings. The second-order valence-corrected chi connectivity index (χ2v) is 9.52. The molecular formula is C22H35N3O. The lowest BCUT2D eigenvalue weighted by Crippen LogP contribution is -2.44. The molecule has 2 unspecified atom stereocenters. The number of carbonyl (C=O) groups is 1. The Morgan fingerprint density at radius 3 is 2.69 bits per heavy atom. The summed E-state index contributed by atoms with van der Waals surface area (Å²) in [7, 11) is 0. The number of carbonyl (C=O) groups excluding carboxylic acids is 1. The molecule has 0 aromatic carbocycles. The fourth-order valence-electron chi connectivity index (χ4n) is 4.59. The van der Waals surface area contributed by atoms with Crippen molar-refractivity contribution in [2.24, 2.45) is 17.1 Å². The van der Waals surface area contributed by atoms with E-state index in [0.29, 0.717) is 17.0 Å². The highest BCUT2D eigenvalue weighted by Crippen LogP contribution is 2.49. The van der Waals surface area contributed by atoms with Gasteiger partial charge in [-0.05, 0) is 62.0 Å². The van der Waals surface area contributed by atoms with E-state index in [-0.39, 0.29) is 11.4 Å². The number of unbranched alkanes of at least 4 members (excludes halogenated alkanes) is 2. The van der Waals surface area contributed by atoms with Gasteiger partial charge in [0.05, 0.1) is 16.9 Å². The van der Waals surface area contributed by atoms with Gasteiger partial charge in [0.2, 0.25) is 0 Å². The quantitative estimate of drug-likeness (QED) is 0.629. The molecule has 3 rings (SSSR count). The standard InChI is InChI=1S/C22H35N3O/c1-6-7-8-9-16-18-17(24-19(16)20(23)26)13-15-12-14(21(2,3)4)10-11-22(15,5)25-18/h13-14,24-25H,6-12H2,1-5H3,(H2,23,26). The molecule has 0 spiro atoms. The molecule has 0 saturated heterocycles. The molecule has 26 heavy (non-hydrogen) atoms. The topological polar surface area (TPSA) is 70.9 Å². The third kappa shape index (κ3) is 3.43. The maximum atomic E-state index is 12.0. The van der Waals surface area contributed by atoms with Crippen molar-refractivity contribution < 1.29 is 4.79 Å². The van der Waals surface area contributed by atoms with Crippen molar-refractivity contribution in [3.63, 3.8) is 0 Å². The summed E-state index contributed by atoms with van der Waals surface area (Å²) >= 11 is 0. The van der Waals surface area contributed by atoms with E-state index in [1.165, 1.54) is 24.8 Å². The highest BCUT2D eigenvalue weighted by molar-refractivity contribution is 5.96. The van der Waals surface area contributed by atoms with Gasteiger partial charge in [0, 0.05) is 5.56 Å². The van der Waals surface area contributed by atoms with Crippen LogP contribution in [0.2, 0.25) is 0 Å². The van der Waals surface area contributed by atoms with Crippen LogP contribution in [0.4, 0.5) is 5.69 Å². The van der Waals surface area contributed by atoms with Gasteiger partial charge in [-0.15, -0.1) is 0 Å². The number of hydrogen-bond acceptors (Lipinski definition) is 2. The molecule has 1 saturated carbocycles. The van der Waals surface area contributed by atoms with Crippen molar-refractivity contribution in [2.45, 2.75) is 85.1 Å². The number of nitrogens with one attached hydrogen (secondary N) is 2. The van der Waals surface area contributed by atoms with E-state index in [1.54, 1.807) is 0 Å². The lowest BCUT2D eigenvalue weighted by Gasteiger charge is -2.47. The number of fused-ring (bicyclic) bond motifs is 2. The van der Waals surface area contributed by atoms with Crippen LogP contribution in [-0.4, -0.2) is 16.4 Å². The van der Waals surface area contributed by atoms with E-state index in [2.05, 4.69) is 51.0 Å². The molecule has 144 valence electrons. The molecular weight excluding hydrogens is 322 g/mol. The molecule has 1 aliphatic carbocycles. The summed E-state index contributed by atoms with van der Waals surface area (Å²) in [6, 6.07) is 0. The maximum absolute atomic E-state index is 12.0. The lowest BCUT2D eigenvalue weighted by atomic mass is 9.64. The molecule has 1 amide bonds. The fraction of sp³-hybridized carbons (Fsp3) is 0.682. The number of amides is 1. The molecule has 1 aliphatic heterocycles. The van der Waals surface area contributed by atoms with E-state index in [0.717, 1.165) is 42.6 Å². The van der Waals surface area contributed by atoms with Gasteiger partial charge in [0.1, 0.15) is 5.69 Å². The van der Waals surface area contributed by atoms with Crippen LogP contribution < -0.4 is 11.1 Å². The summed E-state index contributed by atoms with van der Waals surface area (Å²) in [5.41, 5.74) is 11.2. The Balaban J connectivity index is 1.97. The Morgan fingerprint density at radius 1 is 1.35 bits per heavy atom. The van der Waals surface area contributed by atoms with Crippen molar-refractivity contribution in [1.29, 1.82) is 0 Å². The van der Waals surface area contributed by atoms with Crippen LogP contribution >= 0.6 is 0 Å². The highest BCUT2D eigenvalue weighted by atomic mass is 16.1. The van der Waals surface area contributed by atoms with Gasteiger partial charge in [-0.3, -0.25) is 4.79 Å². The number of H-pyrrole nitrogens is 1. The maximum Gasteiger partial charge on any atom is 0.265 e. The van der Waals surface area contributed by atoms with Gasteiger partial charge in [-0.25, -0.2) is 0 Å². The molecule has 2 atom stereocenters. The molecule has 0 bridgehead atoms. The third-order valence-electron chi connectivity index (χ3n) is 6.52. The smallest absolute Gasteiger partial charge is 0.265 e. The van der Waals surface area contributed by atoms with Crippen molar-refractivity contribution in [1.82, 2.24) is 4.98 Å². The molecule has 0 radical (unpaired) electrons. The van der Waals surface area contributed by atoms with Gasteiger partial charge in [-0.2, -0.15) is 0 Å². The minimum Gasteiger partial charge on any atom is -0.374 e. The molecule has 1 aromatic heterocycles. The summed E-state index contributed by atoms with van der Waals surface area (Å²) in [6.45, 7) is 11.5. The predicted molar refractivity (Wildman–Crippen MR) is 109 cm³/mol. The zero-order chi connectivity index (χ0) is 19.1. The zero-order valence-corrected chi connectivity index (χ0v) is 17.1. The summed E-state index contributed by atoms with van der Waals surface area (Å²) in [4.78, 5) is 15.3. The first kappa shape index (κ1) is 19.1. The molecule has 1 aromatic rings. The van der Waals surface area contributed by atoms with Crippen molar-refractivity contribution in [2.75, 3.05) is 5.32 Å². The molecule has 4 nitrogen and oxygen atoms in total. The zero-order valence-electron chi connectivity index (χ0n) is 17.1. The van der Waals surface area contributed by atoms with Crippen LogP contribution in [0, 0.1) is 11.3 Å². The summed E-state index contributed by atoms with van der Waals surface area (Å²) in [6.07, 6.45) is 10.1. The number of nitrogens with two attached hydrogens (primary N) is 1. The Bertz CT molecular complexity index is 722. The summed E-state index contributed by atoms with van der Waals surface area (Å²) in [5.74, 6) is 0.339. The number of primary amides is 1. The van der Waals surface area contributed by atoms with Gasteiger partial charge in [0.25, 0.3) is 5.91 Å². The lowest BCUT2D eigenvalue weighted by molar-refractivity contribution is 0.0995. The van der Waals surface area contributed by atoms with Gasteiger partial charge in [-0.1, -0.05) is 40.5 Å². The summed E-state index contributed by atoms with van der Waals surface area (Å²) < 4.78 is 0. The van der Waals surface area contributed by atoms with Crippen molar-refractivity contribution in [3.05, 3.63) is 22.5 Å². The second kappa shape index (κ2) is 6.79. The van der Waals surface area contributed by atoms with Gasteiger partial charge in [0.15, 0.2) is 0 Å². The summed E-state index contributed by atoms with van der Waals surface area (Å²) in [5, 5.41) is 3.81. The number of aromatic nitrogens is 1. The van der Waals surface area contributed by atoms with Crippen LogP contribution in [-0.2, 0) is 6.42 Å².